The Bertz CT molecular complexity index is 2330. The Morgan fingerprint density at radius 1 is 0.489 bits per heavy atom. The highest BCUT2D eigenvalue weighted by Gasteiger charge is 2.39. The highest BCUT2D eigenvalue weighted by Crippen LogP contribution is 2.59. The number of para-hydroxylation sites is 1. The van der Waals surface area contributed by atoms with Gasteiger partial charge in [0.2, 0.25) is 0 Å². The Hall–Kier alpha value is -6.07. The molecule has 1 aliphatic heterocycles. The molecule has 0 bridgehead atoms. The monoisotopic (exact) mass is 607 g/mol. The van der Waals surface area contributed by atoms with Gasteiger partial charge in [-0.2, -0.15) is 0 Å². The largest absolute Gasteiger partial charge is 0.449 e. The van der Waals surface area contributed by atoms with Crippen molar-refractivity contribution in [2.45, 2.75) is 19.3 Å². The molecule has 0 atom stereocenters. The molecule has 5 aromatic carbocycles. The Kier molecular flexibility index (Phi) is 6.09. The number of fused-ring (bicyclic) bond motifs is 6. The SMILES string of the molecule is CC1(C)c2ccccc2-c2c1ccc1c2Oc2c(cccc2-c2cc(-c3cccc(-c4ccccn4)c3)nc(-c3ccccc3)n2)O1. The third kappa shape index (κ3) is 4.43. The highest BCUT2D eigenvalue weighted by atomic mass is 16.6. The number of nitrogens with zero attached hydrogens (tertiary/aromatic N) is 3. The van der Waals surface area contributed by atoms with Crippen molar-refractivity contribution in [2.75, 3.05) is 0 Å². The third-order valence-corrected chi connectivity index (χ3v) is 9.22. The van der Waals surface area contributed by atoms with Crippen LogP contribution in [0.2, 0.25) is 0 Å². The zero-order chi connectivity index (χ0) is 31.5. The molecule has 224 valence electrons. The van der Waals surface area contributed by atoms with E-state index in [4.69, 9.17) is 19.4 Å². The van der Waals surface area contributed by atoms with Crippen LogP contribution in [0.4, 0.5) is 0 Å². The summed E-state index contributed by atoms with van der Waals surface area (Å²) in [6.07, 6.45) is 1.81. The molecule has 3 heterocycles. The number of pyridine rings is 1. The van der Waals surface area contributed by atoms with Gasteiger partial charge in [-0.15, -0.1) is 0 Å². The fourth-order valence-electron chi connectivity index (χ4n) is 6.87. The van der Waals surface area contributed by atoms with Gasteiger partial charge in [-0.05, 0) is 59.2 Å². The fourth-order valence-corrected chi connectivity index (χ4v) is 6.87. The van der Waals surface area contributed by atoms with Gasteiger partial charge in [0, 0.05) is 39.4 Å². The second-order valence-electron chi connectivity index (χ2n) is 12.4. The van der Waals surface area contributed by atoms with Gasteiger partial charge < -0.3 is 9.47 Å². The first-order valence-electron chi connectivity index (χ1n) is 15.8. The quantitative estimate of drug-likeness (QED) is 0.199. The molecule has 5 nitrogen and oxygen atoms in total. The molecule has 5 heteroatoms. The smallest absolute Gasteiger partial charge is 0.179 e. The average Bonchev–Trinajstić information content (AvgIpc) is 3.37. The van der Waals surface area contributed by atoms with Crippen LogP contribution in [0.3, 0.4) is 0 Å². The van der Waals surface area contributed by atoms with E-state index in [1.165, 1.54) is 16.7 Å². The predicted octanol–water partition coefficient (Wildman–Crippen LogP) is 10.7. The summed E-state index contributed by atoms with van der Waals surface area (Å²) in [7, 11) is 0. The van der Waals surface area contributed by atoms with Crippen molar-refractivity contribution in [2.24, 2.45) is 0 Å². The molecule has 1 aliphatic carbocycles. The fraction of sp³-hybridized carbons (Fsp3) is 0.0714. The van der Waals surface area contributed by atoms with E-state index in [0.717, 1.165) is 50.6 Å². The summed E-state index contributed by atoms with van der Waals surface area (Å²) in [6.45, 7) is 4.53. The second kappa shape index (κ2) is 10.5. The number of benzene rings is 5. The van der Waals surface area contributed by atoms with Crippen molar-refractivity contribution in [3.8, 4) is 79.3 Å². The molecule has 0 spiro atoms. The zero-order valence-corrected chi connectivity index (χ0v) is 25.9. The van der Waals surface area contributed by atoms with Crippen LogP contribution in [0, 0.1) is 0 Å². The normalized spacial score (nSPS) is 13.4. The van der Waals surface area contributed by atoms with Gasteiger partial charge in [0.05, 0.1) is 17.1 Å². The molecule has 0 N–H and O–H groups in total. The molecule has 47 heavy (non-hydrogen) atoms. The number of ether oxygens (including phenoxy) is 2. The van der Waals surface area contributed by atoms with Gasteiger partial charge in [-0.3, -0.25) is 4.98 Å². The number of hydrogen-bond donors (Lipinski definition) is 0. The zero-order valence-electron chi connectivity index (χ0n) is 25.9. The second-order valence-corrected chi connectivity index (χ2v) is 12.4. The first-order valence-corrected chi connectivity index (χ1v) is 15.8. The van der Waals surface area contributed by atoms with Crippen LogP contribution in [0.25, 0.3) is 56.3 Å². The lowest BCUT2D eigenvalue weighted by molar-refractivity contribution is 0.361. The Labute approximate surface area is 273 Å². The number of aromatic nitrogens is 3. The molecule has 0 fully saturated rings. The van der Waals surface area contributed by atoms with Crippen LogP contribution in [0.15, 0.2) is 140 Å². The standard InChI is InChI=1S/C42H29N3O2/c1-42(2)31-18-7-6-16-29(31)38-32(42)21-22-37-40(38)47-39-30(17-11-20-36(39)46-37)35-25-34(44-41(45-35)26-12-4-3-5-13-26)28-15-10-14-27(24-28)33-19-8-9-23-43-33/h3-25H,1-2H3. The van der Waals surface area contributed by atoms with Crippen molar-refractivity contribution in [3.63, 3.8) is 0 Å². The summed E-state index contributed by atoms with van der Waals surface area (Å²) >= 11 is 0. The molecule has 2 aromatic heterocycles. The Morgan fingerprint density at radius 2 is 1.19 bits per heavy atom. The molecule has 2 aliphatic rings. The van der Waals surface area contributed by atoms with E-state index in [1.54, 1.807) is 0 Å². The summed E-state index contributed by atoms with van der Waals surface area (Å²) in [5.74, 6) is 3.37. The van der Waals surface area contributed by atoms with Crippen molar-refractivity contribution in [1.82, 2.24) is 15.0 Å². The van der Waals surface area contributed by atoms with Crippen LogP contribution in [0.5, 0.6) is 23.0 Å². The average molecular weight is 608 g/mol. The van der Waals surface area contributed by atoms with E-state index in [2.05, 4.69) is 67.4 Å². The minimum absolute atomic E-state index is 0.153. The molecule has 0 unspecified atom stereocenters. The Balaban J connectivity index is 1.21. The maximum Gasteiger partial charge on any atom is 0.179 e. The van der Waals surface area contributed by atoms with Crippen LogP contribution >= 0.6 is 0 Å². The number of rotatable bonds is 4. The predicted molar refractivity (Wildman–Crippen MR) is 186 cm³/mol. The lowest BCUT2D eigenvalue weighted by Crippen LogP contribution is -2.15. The van der Waals surface area contributed by atoms with Gasteiger partial charge in [0.1, 0.15) is 0 Å². The summed E-state index contributed by atoms with van der Waals surface area (Å²) in [5, 5.41) is 0. The van der Waals surface area contributed by atoms with E-state index < -0.39 is 0 Å². The molecule has 0 radical (unpaired) electrons. The van der Waals surface area contributed by atoms with E-state index in [9.17, 15) is 0 Å². The van der Waals surface area contributed by atoms with Crippen molar-refractivity contribution >= 4 is 0 Å². The van der Waals surface area contributed by atoms with Crippen molar-refractivity contribution in [3.05, 3.63) is 151 Å². The molecule has 0 saturated carbocycles. The van der Waals surface area contributed by atoms with Crippen LogP contribution in [0.1, 0.15) is 25.0 Å². The maximum absolute atomic E-state index is 6.93. The van der Waals surface area contributed by atoms with Gasteiger partial charge in [0.15, 0.2) is 28.8 Å². The minimum atomic E-state index is -0.153. The minimum Gasteiger partial charge on any atom is -0.449 e. The molecular weight excluding hydrogens is 578 g/mol. The first-order chi connectivity index (χ1) is 23.0. The van der Waals surface area contributed by atoms with E-state index in [0.29, 0.717) is 23.1 Å². The van der Waals surface area contributed by atoms with Gasteiger partial charge >= 0.3 is 0 Å². The van der Waals surface area contributed by atoms with Crippen molar-refractivity contribution in [1.29, 1.82) is 0 Å². The molecule has 0 saturated heterocycles. The van der Waals surface area contributed by atoms with Crippen LogP contribution in [-0.4, -0.2) is 15.0 Å². The van der Waals surface area contributed by atoms with Gasteiger partial charge in [0.25, 0.3) is 0 Å². The number of hydrogen-bond acceptors (Lipinski definition) is 5. The molecular formula is C42H29N3O2. The lowest BCUT2D eigenvalue weighted by Gasteiger charge is -2.26. The summed E-state index contributed by atoms with van der Waals surface area (Å²) < 4.78 is 13.5. The lowest BCUT2D eigenvalue weighted by atomic mass is 9.82. The van der Waals surface area contributed by atoms with Crippen molar-refractivity contribution < 1.29 is 9.47 Å². The van der Waals surface area contributed by atoms with E-state index in [1.807, 2.05) is 91.1 Å². The van der Waals surface area contributed by atoms with Gasteiger partial charge in [-0.25, -0.2) is 9.97 Å². The van der Waals surface area contributed by atoms with E-state index in [-0.39, 0.29) is 5.41 Å². The Morgan fingerprint density at radius 3 is 2.04 bits per heavy atom. The topological polar surface area (TPSA) is 57.1 Å². The molecule has 7 aromatic rings. The molecule has 0 amide bonds. The third-order valence-electron chi connectivity index (χ3n) is 9.22. The highest BCUT2D eigenvalue weighted by molar-refractivity contribution is 5.89. The van der Waals surface area contributed by atoms with Crippen LogP contribution in [-0.2, 0) is 5.41 Å². The van der Waals surface area contributed by atoms with Crippen LogP contribution < -0.4 is 9.47 Å². The first kappa shape index (κ1) is 27.3. The van der Waals surface area contributed by atoms with E-state index >= 15 is 0 Å². The maximum atomic E-state index is 6.93. The molecule has 9 rings (SSSR count). The summed E-state index contributed by atoms with van der Waals surface area (Å²) in [4.78, 5) is 14.7. The summed E-state index contributed by atoms with van der Waals surface area (Å²) in [5.41, 5.74) is 10.8. The summed E-state index contributed by atoms with van der Waals surface area (Å²) in [6, 6.07) is 45.1. The van der Waals surface area contributed by atoms with Gasteiger partial charge in [-0.1, -0.05) is 105 Å².